The van der Waals surface area contributed by atoms with Crippen LogP contribution < -0.4 is 16.0 Å². The van der Waals surface area contributed by atoms with Gasteiger partial charge < -0.3 is 16.0 Å². The Kier molecular flexibility index (Phi) is 5.63. The van der Waals surface area contributed by atoms with Crippen molar-refractivity contribution >= 4 is 28.9 Å². The van der Waals surface area contributed by atoms with Gasteiger partial charge in [0.1, 0.15) is 6.04 Å². The lowest BCUT2D eigenvalue weighted by molar-refractivity contribution is -0.116. The standard InChI is InChI=1S/C17H16F3N3O2/c1-9(21-11-4-3-5-12(8-11)22-10(2)24)17(25)23-14-7-6-13(18)15(19)16(14)20/h3-9,21H,1-2H3,(H,22,24)(H,23,25)/t9-/m1/s1. The molecule has 0 aliphatic rings. The van der Waals surface area contributed by atoms with Gasteiger partial charge in [-0.25, -0.2) is 13.2 Å². The Hall–Kier alpha value is -3.03. The zero-order valence-electron chi connectivity index (χ0n) is 13.5. The van der Waals surface area contributed by atoms with Crippen LogP contribution >= 0.6 is 0 Å². The summed E-state index contributed by atoms with van der Waals surface area (Å²) in [6.07, 6.45) is 0. The summed E-state index contributed by atoms with van der Waals surface area (Å²) in [5.41, 5.74) is 0.626. The van der Waals surface area contributed by atoms with E-state index in [0.717, 1.165) is 12.1 Å². The largest absolute Gasteiger partial charge is 0.374 e. The van der Waals surface area contributed by atoms with Crippen molar-refractivity contribution in [2.75, 3.05) is 16.0 Å². The summed E-state index contributed by atoms with van der Waals surface area (Å²) in [7, 11) is 0. The van der Waals surface area contributed by atoms with Gasteiger partial charge in [-0.3, -0.25) is 9.59 Å². The molecule has 0 saturated heterocycles. The summed E-state index contributed by atoms with van der Waals surface area (Å²) in [5, 5.41) is 7.66. The van der Waals surface area contributed by atoms with E-state index in [2.05, 4.69) is 16.0 Å². The van der Waals surface area contributed by atoms with Crippen molar-refractivity contribution in [3.05, 3.63) is 53.8 Å². The second kappa shape index (κ2) is 7.69. The summed E-state index contributed by atoms with van der Waals surface area (Å²) in [4.78, 5) is 23.2. The number of benzene rings is 2. The van der Waals surface area contributed by atoms with Crippen LogP contribution in [0.2, 0.25) is 0 Å². The second-order valence-corrected chi connectivity index (χ2v) is 5.34. The van der Waals surface area contributed by atoms with E-state index in [9.17, 15) is 22.8 Å². The van der Waals surface area contributed by atoms with Gasteiger partial charge >= 0.3 is 0 Å². The zero-order valence-corrected chi connectivity index (χ0v) is 13.5. The van der Waals surface area contributed by atoms with Gasteiger partial charge in [0.15, 0.2) is 17.5 Å². The van der Waals surface area contributed by atoms with E-state index in [-0.39, 0.29) is 5.91 Å². The monoisotopic (exact) mass is 351 g/mol. The van der Waals surface area contributed by atoms with Crippen molar-refractivity contribution in [2.45, 2.75) is 19.9 Å². The van der Waals surface area contributed by atoms with Gasteiger partial charge in [-0.15, -0.1) is 0 Å². The van der Waals surface area contributed by atoms with Crippen LogP contribution in [0.25, 0.3) is 0 Å². The predicted octanol–water partition coefficient (Wildman–Crippen LogP) is 3.50. The number of rotatable bonds is 5. The molecule has 0 aliphatic carbocycles. The molecule has 5 nitrogen and oxygen atoms in total. The quantitative estimate of drug-likeness (QED) is 0.722. The number of hydrogen-bond acceptors (Lipinski definition) is 3. The molecule has 25 heavy (non-hydrogen) atoms. The topological polar surface area (TPSA) is 70.2 Å². The van der Waals surface area contributed by atoms with E-state index in [1.807, 2.05) is 0 Å². The van der Waals surface area contributed by atoms with Gasteiger partial charge in [0.2, 0.25) is 11.8 Å². The van der Waals surface area contributed by atoms with Crippen molar-refractivity contribution in [1.29, 1.82) is 0 Å². The molecule has 2 aromatic carbocycles. The average Bonchev–Trinajstić information content (AvgIpc) is 2.55. The number of nitrogens with one attached hydrogen (secondary N) is 3. The molecule has 0 aliphatic heterocycles. The minimum absolute atomic E-state index is 0.239. The van der Waals surface area contributed by atoms with Gasteiger partial charge in [0.25, 0.3) is 0 Å². The van der Waals surface area contributed by atoms with Gasteiger partial charge in [-0.05, 0) is 37.3 Å². The number of amides is 2. The third-order valence-corrected chi connectivity index (χ3v) is 3.25. The Morgan fingerprint density at radius 1 is 0.960 bits per heavy atom. The van der Waals surface area contributed by atoms with E-state index in [1.54, 1.807) is 24.3 Å². The lowest BCUT2D eigenvalue weighted by Crippen LogP contribution is -2.32. The number of carbonyl (C=O) groups excluding carboxylic acids is 2. The summed E-state index contributed by atoms with van der Waals surface area (Å²) in [6.45, 7) is 2.88. The van der Waals surface area contributed by atoms with Crippen LogP contribution in [0.1, 0.15) is 13.8 Å². The van der Waals surface area contributed by atoms with E-state index >= 15 is 0 Å². The first-order valence-electron chi connectivity index (χ1n) is 7.36. The minimum atomic E-state index is -1.65. The first-order chi connectivity index (χ1) is 11.8. The SMILES string of the molecule is CC(=O)Nc1cccc(N[C@H](C)C(=O)Nc2ccc(F)c(F)c2F)c1. The Bertz CT molecular complexity index is 812. The highest BCUT2D eigenvalue weighted by Crippen LogP contribution is 2.20. The maximum absolute atomic E-state index is 13.6. The first-order valence-corrected chi connectivity index (χ1v) is 7.36. The molecule has 0 bridgehead atoms. The zero-order chi connectivity index (χ0) is 18.6. The molecule has 8 heteroatoms. The summed E-state index contributed by atoms with van der Waals surface area (Å²) in [5.74, 6) is -5.34. The maximum Gasteiger partial charge on any atom is 0.246 e. The van der Waals surface area contributed by atoms with Crippen LogP contribution in [-0.4, -0.2) is 17.9 Å². The van der Waals surface area contributed by atoms with E-state index in [0.29, 0.717) is 11.4 Å². The normalized spacial score (nSPS) is 11.6. The van der Waals surface area contributed by atoms with Crippen LogP contribution in [0.3, 0.4) is 0 Å². The fraction of sp³-hybridized carbons (Fsp3) is 0.176. The molecular weight excluding hydrogens is 335 g/mol. The molecular formula is C17H16F3N3O2. The number of halogens is 3. The molecule has 0 aromatic heterocycles. The fourth-order valence-corrected chi connectivity index (χ4v) is 2.07. The average molecular weight is 351 g/mol. The minimum Gasteiger partial charge on any atom is -0.374 e. The molecule has 0 heterocycles. The van der Waals surface area contributed by atoms with Gasteiger partial charge in [0, 0.05) is 18.3 Å². The van der Waals surface area contributed by atoms with Crippen molar-refractivity contribution in [1.82, 2.24) is 0 Å². The lowest BCUT2D eigenvalue weighted by Gasteiger charge is -2.16. The Labute approximate surface area is 142 Å². The van der Waals surface area contributed by atoms with E-state index in [4.69, 9.17) is 0 Å². The molecule has 132 valence electrons. The van der Waals surface area contributed by atoms with Crippen LogP contribution in [0.5, 0.6) is 0 Å². The Balaban J connectivity index is 2.06. The molecule has 2 amide bonds. The lowest BCUT2D eigenvalue weighted by atomic mass is 10.2. The van der Waals surface area contributed by atoms with E-state index < -0.39 is 35.1 Å². The second-order valence-electron chi connectivity index (χ2n) is 5.34. The van der Waals surface area contributed by atoms with Crippen molar-refractivity contribution in [3.63, 3.8) is 0 Å². The summed E-state index contributed by atoms with van der Waals surface area (Å²) in [6, 6.07) is 7.50. The van der Waals surface area contributed by atoms with Gasteiger partial charge in [-0.2, -0.15) is 0 Å². The van der Waals surface area contributed by atoms with Gasteiger partial charge in [-0.1, -0.05) is 6.07 Å². The number of hydrogen-bond donors (Lipinski definition) is 3. The highest BCUT2D eigenvalue weighted by atomic mass is 19.2. The fourth-order valence-electron chi connectivity index (χ4n) is 2.07. The molecule has 0 spiro atoms. The molecule has 0 radical (unpaired) electrons. The number of carbonyl (C=O) groups is 2. The maximum atomic E-state index is 13.6. The summed E-state index contributed by atoms with van der Waals surface area (Å²) >= 11 is 0. The Morgan fingerprint density at radius 2 is 1.64 bits per heavy atom. The van der Waals surface area contributed by atoms with Crippen LogP contribution in [0.4, 0.5) is 30.2 Å². The number of anilines is 3. The van der Waals surface area contributed by atoms with Crippen LogP contribution in [0, 0.1) is 17.5 Å². The molecule has 3 N–H and O–H groups in total. The third kappa shape index (κ3) is 4.72. The molecule has 0 saturated carbocycles. The first kappa shape index (κ1) is 18.3. The molecule has 0 unspecified atom stereocenters. The van der Waals surface area contributed by atoms with Crippen molar-refractivity contribution < 1.29 is 22.8 Å². The molecule has 1 atom stereocenters. The van der Waals surface area contributed by atoms with Crippen molar-refractivity contribution in [3.8, 4) is 0 Å². The van der Waals surface area contributed by atoms with Crippen LogP contribution in [0.15, 0.2) is 36.4 Å². The molecule has 2 rings (SSSR count). The highest BCUT2D eigenvalue weighted by Gasteiger charge is 2.18. The van der Waals surface area contributed by atoms with Gasteiger partial charge in [0.05, 0.1) is 5.69 Å². The van der Waals surface area contributed by atoms with Crippen molar-refractivity contribution in [2.24, 2.45) is 0 Å². The Morgan fingerprint density at radius 3 is 2.32 bits per heavy atom. The van der Waals surface area contributed by atoms with Crippen LogP contribution in [-0.2, 0) is 9.59 Å². The highest BCUT2D eigenvalue weighted by molar-refractivity contribution is 5.96. The van der Waals surface area contributed by atoms with E-state index in [1.165, 1.54) is 13.8 Å². The smallest absolute Gasteiger partial charge is 0.246 e. The molecule has 0 fully saturated rings. The third-order valence-electron chi connectivity index (χ3n) is 3.25. The summed E-state index contributed by atoms with van der Waals surface area (Å²) < 4.78 is 39.7. The molecule has 2 aromatic rings. The predicted molar refractivity (Wildman–Crippen MR) is 88.8 cm³/mol.